The number of hydrogen-bond donors (Lipinski definition) is 2. The Bertz CT molecular complexity index is 967. The number of nitrogens with one attached hydrogen (secondary N) is 2. The largest absolute Gasteiger partial charge is 0.461 e. The predicted molar refractivity (Wildman–Crippen MR) is 113 cm³/mol. The van der Waals surface area contributed by atoms with Gasteiger partial charge in [0.2, 0.25) is 11.8 Å². The third kappa shape index (κ3) is 5.57. The Balaban J connectivity index is 1.43. The zero-order chi connectivity index (χ0) is 19.9. The topological polar surface area (TPSA) is 71.3 Å². The maximum absolute atomic E-state index is 12.0. The van der Waals surface area contributed by atoms with Crippen molar-refractivity contribution in [2.45, 2.75) is 19.8 Å². The molecule has 0 aliphatic carbocycles. The van der Waals surface area contributed by atoms with Gasteiger partial charge in [-0.3, -0.25) is 9.59 Å². The van der Waals surface area contributed by atoms with E-state index in [1.54, 1.807) is 0 Å². The zero-order valence-corrected chi connectivity index (χ0v) is 17.1. The molecule has 0 spiro atoms. The highest BCUT2D eigenvalue weighted by molar-refractivity contribution is 9.10. The molecule has 144 valence electrons. The van der Waals surface area contributed by atoms with Crippen LogP contribution in [0.5, 0.6) is 0 Å². The van der Waals surface area contributed by atoms with Gasteiger partial charge in [-0.15, -0.1) is 0 Å². The minimum atomic E-state index is -0.261. The van der Waals surface area contributed by atoms with E-state index in [9.17, 15) is 9.59 Å². The molecule has 2 amide bonds. The van der Waals surface area contributed by atoms with Gasteiger partial charge in [-0.05, 0) is 42.8 Å². The van der Waals surface area contributed by atoms with Crippen LogP contribution < -0.4 is 10.6 Å². The number of carbonyl (C=O) groups excluding carboxylic acids is 2. The van der Waals surface area contributed by atoms with Gasteiger partial charge in [-0.25, -0.2) is 0 Å². The van der Waals surface area contributed by atoms with E-state index in [1.807, 2.05) is 67.6 Å². The molecule has 0 unspecified atom stereocenters. The fraction of sp³-hybridized carbons (Fsp3) is 0.182. The molecule has 1 heterocycles. The first kappa shape index (κ1) is 19.9. The maximum Gasteiger partial charge on any atom is 0.243 e. The smallest absolute Gasteiger partial charge is 0.243 e. The standard InChI is InChI=1S/C22H21BrN2O3/c1-15-13-17(23)7-10-19(15)25-22(27)14-24-21(26)12-9-18-8-11-20(28-18)16-5-3-2-4-6-16/h2-8,10-11,13H,9,12,14H2,1H3,(H,24,26)(H,25,27). The second-order valence-corrected chi connectivity index (χ2v) is 7.33. The monoisotopic (exact) mass is 440 g/mol. The van der Waals surface area contributed by atoms with Crippen molar-refractivity contribution in [3.05, 3.63) is 76.5 Å². The van der Waals surface area contributed by atoms with Crippen LogP contribution in [0.3, 0.4) is 0 Å². The molecule has 1 aromatic heterocycles. The molecule has 5 nitrogen and oxygen atoms in total. The van der Waals surface area contributed by atoms with Gasteiger partial charge in [-0.1, -0.05) is 46.3 Å². The highest BCUT2D eigenvalue weighted by atomic mass is 79.9. The number of rotatable bonds is 7. The lowest BCUT2D eigenvalue weighted by Crippen LogP contribution is -2.33. The molecule has 3 rings (SSSR count). The molecule has 0 aliphatic heterocycles. The highest BCUT2D eigenvalue weighted by Gasteiger charge is 2.10. The van der Waals surface area contributed by atoms with E-state index < -0.39 is 0 Å². The molecular formula is C22H21BrN2O3. The number of halogens is 1. The van der Waals surface area contributed by atoms with Crippen LogP contribution in [0.25, 0.3) is 11.3 Å². The van der Waals surface area contributed by atoms with E-state index in [-0.39, 0.29) is 24.8 Å². The Morgan fingerprint density at radius 2 is 1.79 bits per heavy atom. The lowest BCUT2D eigenvalue weighted by atomic mass is 10.2. The van der Waals surface area contributed by atoms with Crippen LogP contribution in [0.4, 0.5) is 5.69 Å². The van der Waals surface area contributed by atoms with Gasteiger partial charge in [0, 0.05) is 28.6 Å². The van der Waals surface area contributed by atoms with Gasteiger partial charge in [0.1, 0.15) is 11.5 Å². The summed E-state index contributed by atoms with van der Waals surface area (Å²) in [6.45, 7) is 1.84. The Morgan fingerprint density at radius 1 is 1.00 bits per heavy atom. The van der Waals surface area contributed by atoms with Crippen LogP contribution in [0.1, 0.15) is 17.7 Å². The molecule has 0 radical (unpaired) electrons. The molecule has 6 heteroatoms. The summed E-state index contributed by atoms with van der Waals surface area (Å²) in [4.78, 5) is 24.1. The molecule has 0 atom stereocenters. The molecule has 0 saturated heterocycles. The van der Waals surface area contributed by atoms with E-state index in [0.717, 1.165) is 32.8 Å². The molecule has 0 aliphatic rings. The Kier molecular flexibility index (Phi) is 6.66. The Morgan fingerprint density at radius 3 is 2.54 bits per heavy atom. The summed E-state index contributed by atoms with van der Waals surface area (Å²) in [6.07, 6.45) is 0.735. The molecule has 2 N–H and O–H groups in total. The number of hydrogen-bond acceptors (Lipinski definition) is 3. The van der Waals surface area contributed by atoms with Crippen molar-refractivity contribution >= 4 is 33.4 Å². The number of aryl methyl sites for hydroxylation is 2. The number of carbonyl (C=O) groups is 2. The number of amides is 2. The zero-order valence-electron chi connectivity index (χ0n) is 15.5. The van der Waals surface area contributed by atoms with Gasteiger partial charge < -0.3 is 15.1 Å². The van der Waals surface area contributed by atoms with Crippen molar-refractivity contribution in [3.8, 4) is 11.3 Å². The van der Waals surface area contributed by atoms with E-state index in [2.05, 4.69) is 26.6 Å². The summed E-state index contributed by atoms with van der Waals surface area (Å²) in [6, 6.07) is 19.2. The summed E-state index contributed by atoms with van der Waals surface area (Å²) < 4.78 is 6.73. The van der Waals surface area contributed by atoms with Gasteiger partial charge in [0.05, 0.1) is 6.54 Å². The predicted octanol–water partition coefficient (Wildman–Crippen LogP) is 4.71. The van der Waals surface area contributed by atoms with Crippen molar-refractivity contribution in [2.24, 2.45) is 0 Å². The fourth-order valence-electron chi connectivity index (χ4n) is 2.74. The first-order valence-electron chi connectivity index (χ1n) is 8.98. The summed E-state index contributed by atoms with van der Waals surface area (Å²) in [5, 5.41) is 5.44. The molecule has 0 saturated carbocycles. The molecular weight excluding hydrogens is 420 g/mol. The van der Waals surface area contributed by atoms with Crippen LogP contribution in [0.2, 0.25) is 0 Å². The molecule has 0 fully saturated rings. The summed E-state index contributed by atoms with van der Waals surface area (Å²) in [7, 11) is 0. The fourth-order valence-corrected chi connectivity index (χ4v) is 3.21. The highest BCUT2D eigenvalue weighted by Crippen LogP contribution is 2.22. The quantitative estimate of drug-likeness (QED) is 0.558. The van der Waals surface area contributed by atoms with E-state index in [4.69, 9.17) is 4.42 Å². The molecule has 0 bridgehead atoms. The van der Waals surface area contributed by atoms with Crippen molar-refractivity contribution < 1.29 is 14.0 Å². The van der Waals surface area contributed by atoms with Crippen LogP contribution >= 0.6 is 15.9 Å². The Labute approximate surface area is 172 Å². The van der Waals surface area contributed by atoms with Crippen LogP contribution in [0, 0.1) is 6.92 Å². The SMILES string of the molecule is Cc1cc(Br)ccc1NC(=O)CNC(=O)CCc1ccc(-c2ccccc2)o1. The first-order chi connectivity index (χ1) is 13.5. The third-order valence-electron chi connectivity index (χ3n) is 4.23. The van der Waals surface area contributed by atoms with Gasteiger partial charge in [-0.2, -0.15) is 0 Å². The molecule has 28 heavy (non-hydrogen) atoms. The van der Waals surface area contributed by atoms with E-state index in [1.165, 1.54) is 0 Å². The summed E-state index contributed by atoms with van der Waals surface area (Å²) in [5.41, 5.74) is 2.67. The van der Waals surface area contributed by atoms with Crippen molar-refractivity contribution in [1.29, 1.82) is 0 Å². The minimum absolute atomic E-state index is 0.0677. The minimum Gasteiger partial charge on any atom is -0.461 e. The van der Waals surface area contributed by atoms with E-state index in [0.29, 0.717) is 6.42 Å². The average Bonchev–Trinajstić information content (AvgIpc) is 3.17. The first-order valence-corrected chi connectivity index (χ1v) is 9.77. The average molecular weight is 441 g/mol. The molecule has 3 aromatic rings. The van der Waals surface area contributed by atoms with Gasteiger partial charge in [0.25, 0.3) is 0 Å². The summed E-state index contributed by atoms with van der Waals surface area (Å²) >= 11 is 3.39. The van der Waals surface area contributed by atoms with E-state index >= 15 is 0 Å². The summed E-state index contributed by atoms with van der Waals surface area (Å²) in [5.74, 6) is 1.06. The van der Waals surface area contributed by atoms with Gasteiger partial charge in [0.15, 0.2) is 0 Å². The number of furan rings is 1. The third-order valence-corrected chi connectivity index (χ3v) is 4.72. The van der Waals surface area contributed by atoms with Crippen molar-refractivity contribution in [1.82, 2.24) is 5.32 Å². The maximum atomic E-state index is 12.0. The number of anilines is 1. The number of benzene rings is 2. The normalized spacial score (nSPS) is 10.5. The lowest BCUT2D eigenvalue weighted by molar-refractivity contribution is -0.124. The van der Waals surface area contributed by atoms with Crippen LogP contribution in [0.15, 0.2) is 69.6 Å². The lowest BCUT2D eigenvalue weighted by Gasteiger charge is -2.09. The van der Waals surface area contributed by atoms with Gasteiger partial charge >= 0.3 is 0 Å². The van der Waals surface area contributed by atoms with Crippen molar-refractivity contribution in [2.75, 3.05) is 11.9 Å². The van der Waals surface area contributed by atoms with Crippen LogP contribution in [-0.4, -0.2) is 18.4 Å². The van der Waals surface area contributed by atoms with Crippen molar-refractivity contribution in [3.63, 3.8) is 0 Å². The molecule has 2 aromatic carbocycles. The second-order valence-electron chi connectivity index (χ2n) is 6.42. The Hall–Kier alpha value is -2.86. The van der Waals surface area contributed by atoms with Crippen LogP contribution in [-0.2, 0) is 16.0 Å². The second kappa shape index (κ2) is 9.37.